The molecule has 10 N–H and O–H groups in total. The highest BCUT2D eigenvalue weighted by Crippen LogP contribution is 2.12. The van der Waals surface area contributed by atoms with Crippen molar-refractivity contribution in [1.82, 2.24) is 16.0 Å². The number of carbonyl (C=O) groups excluding carboxylic acids is 4. The number of amides is 4. The van der Waals surface area contributed by atoms with Gasteiger partial charge in [-0.05, 0) is 24.1 Å². The van der Waals surface area contributed by atoms with E-state index in [0.717, 1.165) is 0 Å². The fraction of sp³-hybridized carbons (Fsp3) is 0.429. The van der Waals surface area contributed by atoms with Gasteiger partial charge in [0.1, 0.15) is 23.9 Å². The molecule has 4 unspecified atom stereocenters. The number of hydrogen-bond donors (Lipinski definition) is 9. The van der Waals surface area contributed by atoms with Crippen molar-refractivity contribution in [3.63, 3.8) is 0 Å². The van der Waals surface area contributed by atoms with Gasteiger partial charge in [0, 0.05) is 18.6 Å². The first-order valence-electron chi connectivity index (χ1n) is 10.6. The normalized spacial score (nSPS) is 13.9. The topological polar surface area (TPSA) is 251 Å². The van der Waals surface area contributed by atoms with E-state index >= 15 is 0 Å². The Kier molecular flexibility index (Phi) is 12.2. The van der Waals surface area contributed by atoms with Gasteiger partial charge in [-0.2, -0.15) is 12.6 Å². The van der Waals surface area contributed by atoms with E-state index in [-0.39, 0.29) is 30.8 Å². The third kappa shape index (κ3) is 10.6. The molecule has 0 aliphatic rings. The third-order valence-corrected chi connectivity index (χ3v) is 5.22. The van der Waals surface area contributed by atoms with Crippen LogP contribution in [0.3, 0.4) is 0 Å². The Morgan fingerprint density at radius 1 is 0.861 bits per heavy atom. The van der Waals surface area contributed by atoms with Crippen LogP contribution in [0.25, 0.3) is 0 Å². The number of aliphatic carboxylic acids is 2. The van der Waals surface area contributed by atoms with Crippen molar-refractivity contribution in [3.05, 3.63) is 29.8 Å². The summed E-state index contributed by atoms with van der Waals surface area (Å²) in [6.45, 7) is 0. The number of carboxylic acids is 2. The fourth-order valence-corrected chi connectivity index (χ4v) is 3.18. The second-order valence-electron chi connectivity index (χ2n) is 7.78. The highest BCUT2D eigenvalue weighted by Gasteiger charge is 2.30. The van der Waals surface area contributed by atoms with E-state index in [9.17, 15) is 39.0 Å². The number of phenolic OH excluding ortho intramolecular Hbond substituents is 1. The van der Waals surface area contributed by atoms with Crippen molar-refractivity contribution in [1.29, 1.82) is 0 Å². The minimum atomic E-state index is -1.47. The summed E-state index contributed by atoms with van der Waals surface area (Å²) in [5.41, 5.74) is 11.0. The van der Waals surface area contributed by atoms with E-state index in [0.29, 0.717) is 5.56 Å². The number of carboxylic acid groups (broad SMARTS) is 2. The Morgan fingerprint density at radius 2 is 1.39 bits per heavy atom. The molecule has 1 aromatic carbocycles. The first kappa shape index (κ1) is 30.2. The molecule has 0 bridgehead atoms. The SMILES string of the molecule is NC(=O)CCC(NC(=O)C(Cc1ccc(O)cc1)NC(=O)C(CS)NC(=O)C(N)CC(=O)O)C(=O)O. The molecule has 14 nitrogen and oxygen atoms in total. The molecule has 4 atom stereocenters. The molecule has 15 heteroatoms. The molecule has 1 aromatic rings. The maximum absolute atomic E-state index is 12.9. The maximum Gasteiger partial charge on any atom is 0.326 e. The molecular formula is C21H29N5O9S. The Hall–Kier alpha value is -3.85. The van der Waals surface area contributed by atoms with E-state index in [1.165, 1.54) is 24.3 Å². The van der Waals surface area contributed by atoms with Crippen LogP contribution >= 0.6 is 12.6 Å². The van der Waals surface area contributed by atoms with Crippen LogP contribution in [-0.2, 0) is 35.2 Å². The van der Waals surface area contributed by atoms with E-state index in [1.807, 2.05) is 0 Å². The summed E-state index contributed by atoms with van der Waals surface area (Å²) in [7, 11) is 0. The number of primary amides is 1. The maximum atomic E-state index is 12.9. The first-order chi connectivity index (χ1) is 16.8. The number of carbonyl (C=O) groups is 6. The van der Waals surface area contributed by atoms with Crippen LogP contribution in [0, 0.1) is 0 Å². The van der Waals surface area contributed by atoms with Crippen LogP contribution in [0.15, 0.2) is 24.3 Å². The van der Waals surface area contributed by atoms with Gasteiger partial charge in [0.15, 0.2) is 0 Å². The van der Waals surface area contributed by atoms with E-state index in [1.54, 1.807) is 0 Å². The van der Waals surface area contributed by atoms with Gasteiger partial charge >= 0.3 is 11.9 Å². The minimum Gasteiger partial charge on any atom is -0.508 e. The second-order valence-corrected chi connectivity index (χ2v) is 8.15. The van der Waals surface area contributed by atoms with Gasteiger partial charge in [-0.15, -0.1) is 0 Å². The van der Waals surface area contributed by atoms with Crippen LogP contribution in [0.2, 0.25) is 0 Å². The summed E-state index contributed by atoms with van der Waals surface area (Å²) in [5, 5.41) is 34.5. The van der Waals surface area contributed by atoms with Gasteiger partial charge in [-0.3, -0.25) is 24.0 Å². The molecule has 198 valence electrons. The quantitative estimate of drug-likeness (QED) is 0.108. The highest BCUT2D eigenvalue weighted by molar-refractivity contribution is 7.80. The Morgan fingerprint density at radius 3 is 1.89 bits per heavy atom. The summed E-state index contributed by atoms with van der Waals surface area (Å²) in [6.07, 6.45) is -1.41. The number of nitrogens with two attached hydrogens (primary N) is 2. The largest absolute Gasteiger partial charge is 0.508 e. The zero-order valence-corrected chi connectivity index (χ0v) is 19.9. The smallest absolute Gasteiger partial charge is 0.326 e. The van der Waals surface area contributed by atoms with Gasteiger partial charge in [0.05, 0.1) is 12.5 Å². The van der Waals surface area contributed by atoms with Gasteiger partial charge in [0.2, 0.25) is 23.6 Å². The van der Waals surface area contributed by atoms with Crippen molar-refractivity contribution in [2.45, 2.75) is 49.9 Å². The molecule has 0 aliphatic heterocycles. The molecule has 4 amide bonds. The van der Waals surface area contributed by atoms with Crippen molar-refractivity contribution in [2.24, 2.45) is 11.5 Å². The molecule has 0 saturated carbocycles. The number of benzene rings is 1. The summed E-state index contributed by atoms with van der Waals surface area (Å²) in [5.74, 6) is -6.49. The van der Waals surface area contributed by atoms with Crippen molar-refractivity contribution in [2.75, 3.05) is 5.75 Å². The monoisotopic (exact) mass is 527 g/mol. The summed E-state index contributed by atoms with van der Waals surface area (Å²) < 4.78 is 0. The Labute approximate surface area is 211 Å². The summed E-state index contributed by atoms with van der Waals surface area (Å²) in [6, 6.07) is 0.0945. The molecular weight excluding hydrogens is 498 g/mol. The molecule has 0 fully saturated rings. The fourth-order valence-electron chi connectivity index (χ4n) is 2.92. The van der Waals surface area contributed by atoms with Gasteiger partial charge in [-0.25, -0.2) is 4.79 Å². The lowest BCUT2D eigenvalue weighted by molar-refractivity contribution is -0.142. The van der Waals surface area contributed by atoms with Crippen LogP contribution in [0.5, 0.6) is 5.75 Å². The lowest BCUT2D eigenvalue weighted by atomic mass is 10.0. The van der Waals surface area contributed by atoms with Gasteiger partial charge < -0.3 is 42.7 Å². The molecule has 0 spiro atoms. The minimum absolute atomic E-state index is 0.0447. The van der Waals surface area contributed by atoms with Crippen LogP contribution in [0.4, 0.5) is 0 Å². The molecule has 0 saturated heterocycles. The molecule has 0 heterocycles. The number of hydrogen-bond acceptors (Lipinski definition) is 9. The molecule has 0 aromatic heterocycles. The second kappa shape index (κ2) is 14.5. The average Bonchev–Trinajstić information content (AvgIpc) is 2.79. The zero-order chi connectivity index (χ0) is 27.4. The summed E-state index contributed by atoms with van der Waals surface area (Å²) >= 11 is 4.00. The number of aromatic hydroxyl groups is 1. The number of rotatable bonds is 15. The van der Waals surface area contributed by atoms with Crippen molar-refractivity contribution >= 4 is 48.2 Å². The number of phenols is 1. The molecule has 1 rings (SSSR count). The van der Waals surface area contributed by atoms with Crippen molar-refractivity contribution < 1.29 is 44.1 Å². The standard InChI is InChI=1S/C21H29N5O9S/c22-12(8-17(29)30)18(31)26-15(9-36)20(33)25-14(7-10-1-3-11(27)4-2-10)19(32)24-13(21(34)35)5-6-16(23)28/h1-4,12-15,27,36H,5-9,22H2,(H2,23,28)(H,24,32)(H,25,33)(H,26,31)(H,29,30)(H,34,35). The predicted octanol–water partition coefficient (Wildman–Crippen LogP) is -2.53. The van der Waals surface area contributed by atoms with Gasteiger partial charge in [0.25, 0.3) is 0 Å². The zero-order valence-electron chi connectivity index (χ0n) is 19.0. The highest BCUT2D eigenvalue weighted by atomic mass is 32.1. The molecule has 0 aliphatic carbocycles. The Bertz CT molecular complexity index is 973. The predicted molar refractivity (Wildman–Crippen MR) is 128 cm³/mol. The average molecular weight is 528 g/mol. The van der Waals surface area contributed by atoms with E-state index in [4.69, 9.17) is 16.6 Å². The lowest BCUT2D eigenvalue weighted by Gasteiger charge is -2.24. The third-order valence-electron chi connectivity index (χ3n) is 4.85. The summed E-state index contributed by atoms with van der Waals surface area (Å²) in [4.78, 5) is 71.2. The van der Waals surface area contributed by atoms with Crippen LogP contribution in [0.1, 0.15) is 24.8 Å². The van der Waals surface area contributed by atoms with Gasteiger partial charge in [-0.1, -0.05) is 12.1 Å². The molecule has 0 radical (unpaired) electrons. The van der Waals surface area contributed by atoms with Crippen molar-refractivity contribution in [3.8, 4) is 5.75 Å². The first-order valence-corrected chi connectivity index (χ1v) is 11.3. The lowest BCUT2D eigenvalue weighted by Crippen LogP contribution is -2.58. The van der Waals surface area contributed by atoms with Crippen LogP contribution < -0.4 is 27.4 Å². The molecule has 36 heavy (non-hydrogen) atoms. The van der Waals surface area contributed by atoms with E-state index in [2.05, 4.69) is 28.6 Å². The number of nitrogens with one attached hydrogen (secondary N) is 3. The van der Waals surface area contributed by atoms with E-state index < -0.39 is 66.2 Å². The number of thiol groups is 1. The Balaban J connectivity index is 3.06. The van der Waals surface area contributed by atoms with Crippen LogP contribution in [-0.4, -0.2) is 80.8 Å².